The first-order valence-corrected chi connectivity index (χ1v) is 7.37. The van der Waals surface area contributed by atoms with Crippen LogP contribution in [-0.2, 0) is 0 Å². The maximum atomic E-state index is 11.9. The van der Waals surface area contributed by atoms with Gasteiger partial charge in [-0.15, -0.1) is 11.3 Å². The van der Waals surface area contributed by atoms with Crippen molar-refractivity contribution >= 4 is 34.5 Å². The lowest BCUT2D eigenvalue weighted by molar-refractivity contribution is 0.0847. The normalized spacial score (nSPS) is 9.95. The molecule has 0 fully saturated rings. The number of amides is 2. The molecule has 5 nitrogen and oxygen atoms in total. The molecule has 0 aliphatic rings. The number of rotatable bonds is 4. The highest BCUT2D eigenvalue weighted by atomic mass is 32.1. The van der Waals surface area contributed by atoms with Crippen molar-refractivity contribution in [2.45, 2.75) is 6.92 Å². The van der Waals surface area contributed by atoms with Crippen LogP contribution < -0.4 is 15.6 Å². The van der Waals surface area contributed by atoms with Gasteiger partial charge >= 0.3 is 0 Å². The monoisotopic (exact) mass is 296 g/mol. The van der Waals surface area contributed by atoms with E-state index in [1.54, 1.807) is 28.3 Å². The average molecular weight is 296 g/mol. The Kier molecular flexibility index (Phi) is 4.53. The summed E-state index contributed by atoms with van der Waals surface area (Å²) >= 11 is 2.68. The fraction of sp³-hybridized carbons (Fsp3) is 0.167. The van der Waals surface area contributed by atoms with E-state index in [1.807, 2.05) is 6.92 Å². The summed E-state index contributed by atoms with van der Waals surface area (Å²) in [6.07, 6.45) is 0. The molecule has 2 heterocycles. The van der Waals surface area contributed by atoms with Crippen LogP contribution in [0.4, 0.5) is 0 Å². The first-order chi connectivity index (χ1) is 9.22. The van der Waals surface area contributed by atoms with Crippen LogP contribution in [0.5, 0.6) is 5.75 Å². The lowest BCUT2D eigenvalue weighted by Gasteiger charge is -2.07. The summed E-state index contributed by atoms with van der Waals surface area (Å²) in [5, 5.41) is 5.27. The molecule has 100 valence electrons. The molecule has 2 N–H and O–H groups in total. The predicted octanol–water partition coefficient (Wildman–Crippen LogP) is 2.28. The Morgan fingerprint density at radius 1 is 1.21 bits per heavy atom. The highest BCUT2D eigenvalue weighted by Crippen LogP contribution is 2.24. The minimum Gasteiger partial charge on any atom is -0.492 e. The third kappa shape index (κ3) is 3.33. The van der Waals surface area contributed by atoms with Crippen LogP contribution in [0.2, 0.25) is 0 Å². The topological polar surface area (TPSA) is 67.4 Å². The lowest BCUT2D eigenvalue weighted by atomic mass is 10.3. The zero-order valence-corrected chi connectivity index (χ0v) is 11.8. The van der Waals surface area contributed by atoms with Crippen molar-refractivity contribution in [3.8, 4) is 5.75 Å². The second-order valence-electron chi connectivity index (χ2n) is 3.47. The third-order valence-electron chi connectivity index (χ3n) is 2.21. The van der Waals surface area contributed by atoms with Crippen LogP contribution in [0.25, 0.3) is 0 Å². The van der Waals surface area contributed by atoms with Crippen molar-refractivity contribution < 1.29 is 14.3 Å². The molecular formula is C12H12N2O3S2. The molecule has 0 aliphatic carbocycles. The van der Waals surface area contributed by atoms with E-state index < -0.39 is 0 Å². The Bertz CT molecular complexity index is 563. The van der Waals surface area contributed by atoms with Crippen molar-refractivity contribution in [3.05, 3.63) is 38.7 Å². The van der Waals surface area contributed by atoms with E-state index in [0.717, 1.165) is 0 Å². The van der Waals surface area contributed by atoms with E-state index in [0.29, 0.717) is 22.8 Å². The Labute approximate surface area is 118 Å². The Balaban J connectivity index is 1.94. The molecule has 0 saturated carbocycles. The van der Waals surface area contributed by atoms with Crippen LogP contribution in [0.15, 0.2) is 28.3 Å². The number of hydrogen-bond donors (Lipinski definition) is 2. The number of nitrogens with one attached hydrogen (secondary N) is 2. The second-order valence-corrected chi connectivity index (χ2v) is 5.16. The molecular weight excluding hydrogens is 284 g/mol. The standard InChI is InChI=1S/C12H12N2O3S2/c1-2-17-9-4-6-19-10(9)12(16)14-13-11(15)8-3-5-18-7-8/h3-7H,2H2,1H3,(H,13,15)(H,14,16). The molecule has 0 aromatic carbocycles. The first kappa shape index (κ1) is 13.6. The molecule has 2 rings (SSSR count). The van der Waals surface area contributed by atoms with Crippen molar-refractivity contribution in [2.75, 3.05) is 6.61 Å². The fourth-order valence-electron chi connectivity index (χ4n) is 1.37. The number of hydrogen-bond acceptors (Lipinski definition) is 5. The van der Waals surface area contributed by atoms with Gasteiger partial charge in [-0.25, -0.2) is 0 Å². The maximum absolute atomic E-state index is 11.9. The number of carbonyl (C=O) groups is 2. The SMILES string of the molecule is CCOc1ccsc1C(=O)NNC(=O)c1ccsc1. The molecule has 0 aliphatic heterocycles. The van der Waals surface area contributed by atoms with Crippen LogP contribution >= 0.6 is 22.7 Å². The highest BCUT2D eigenvalue weighted by molar-refractivity contribution is 7.12. The first-order valence-electron chi connectivity index (χ1n) is 5.55. The van der Waals surface area contributed by atoms with Gasteiger partial charge in [-0.05, 0) is 29.8 Å². The van der Waals surface area contributed by atoms with Gasteiger partial charge in [0.05, 0.1) is 12.2 Å². The van der Waals surface area contributed by atoms with Gasteiger partial charge < -0.3 is 4.74 Å². The summed E-state index contributed by atoms with van der Waals surface area (Å²) in [6, 6.07) is 3.41. The van der Waals surface area contributed by atoms with Crippen LogP contribution in [0.1, 0.15) is 27.0 Å². The lowest BCUT2D eigenvalue weighted by Crippen LogP contribution is -2.41. The maximum Gasteiger partial charge on any atom is 0.283 e. The van der Waals surface area contributed by atoms with Crippen molar-refractivity contribution in [1.29, 1.82) is 0 Å². The van der Waals surface area contributed by atoms with E-state index in [1.165, 1.54) is 22.7 Å². The van der Waals surface area contributed by atoms with E-state index >= 15 is 0 Å². The fourth-order valence-corrected chi connectivity index (χ4v) is 2.73. The van der Waals surface area contributed by atoms with Crippen LogP contribution in [0, 0.1) is 0 Å². The molecule has 0 unspecified atom stereocenters. The highest BCUT2D eigenvalue weighted by Gasteiger charge is 2.15. The molecule has 0 spiro atoms. The minimum absolute atomic E-state index is 0.343. The van der Waals surface area contributed by atoms with Crippen LogP contribution in [-0.4, -0.2) is 18.4 Å². The predicted molar refractivity (Wildman–Crippen MR) is 74.7 cm³/mol. The van der Waals surface area contributed by atoms with Gasteiger partial charge in [0.1, 0.15) is 10.6 Å². The third-order valence-corrected chi connectivity index (χ3v) is 3.79. The molecule has 0 radical (unpaired) electrons. The van der Waals surface area contributed by atoms with Crippen molar-refractivity contribution in [1.82, 2.24) is 10.9 Å². The van der Waals surface area contributed by atoms with Crippen molar-refractivity contribution in [3.63, 3.8) is 0 Å². The Morgan fingerprint density at radius 2 is 2.00 bits per heavy atom. The number of hydrazine groups is 1. The van der Waals surface area contributed by atoms with E-state index in [4.69, 9.17) is 4.74 Å². The van der Waals surface area contributed by atoms with Gasteiger partial charge in [0.25, 0.3) is 11.8 Å². The summed E-state index contributed by atoms with van der Waals surface area (Å²) in [4.78, 5) is 24.0. The molecule has 2 aromatic rings. The molecule has 2 amide bonds. The molecule has 19 heavy (non-hydrogen) atoms. The molecule has 7 heteroatoms. The largest absolute Gasteiger partial charge is 0.492 e. The number of carbonyl (C=O) groups excluding carboxylic acids is 2. The van der Waals surface area contributed by atoms with E-state index in [2.05, 4.69) is 10.9 Å². The zero-order chi connectivity index (χ0) is 13.7. The van der Waals surface area contributed by atoms with E-state index in [-0.39, 0.29) is 11.8 Å². The molecule has 0 atom stereocenters. The zero-order valence-electron chi connectivity index (χ0n) is 10.1. The van der Waals surface area contributed by atoms with Crippen molar-refractivity contribution in [2.24, 2.45) is 0 Å². The summed E-state index contributed by atoms with van der Waals surface area (Å²) in [6.45, 7) is 2.33. The Morgan fingerprint density at radius 3 is 2.68 bits per heavy atom. The summed E-state index contributed by atoms with van der Waals surface area (Å²) < 4.78 is 5.32. The number of ether oxygens (including phenoxy) is 1. The molecule has 2 aromatic heterocycles. The smallest absolute Gasteiger partial charge is 0.283 e. The average Bonchev–Trinajstić information content (AvgIpc) is 3.06. The Hall–Kier alpha value is -1.86. The minimum atomic E-state index is -0.387. The second kappa shape index (κ2) is 6.35. The molecule has 0 bridgehead atoms. The van der Waals surface area contributed by atoms with Gasteiger partial charge in [-0.2, -0.15) is 11.3 Å². The number of thiophene rings is 2. The van der Waals surface area contributed by atoms with Crippen LogP contribution in [0.3, 0.4) is 0 Å². The van der Waals surface area contributed by atoms with Gasteiger partial charge in [0.2, 0.25) is 0 Å². The summed E-state index contributed by atoms with van der Waals surface area (Å²) in [5.41, 5.74) is 5.25. The van der Waals surface area contributed by atoms with E-state index in [9.17, 15) is 9.59 Å². The summed E-state index contributed by atoms with van der Waals surface area (Å²) in [7, 11) is 0. The van der Waals surface area contributed by atoms with Gasteiger partial charge in [0, 0.05) is 5.38 Å². The quantitative estimate of drug-likeness (QED) is 0.851. The van der Waals surface area contributed by atoms with Gasteiger partial charge in [-0.1, -0.05) is 0 Å². The van der Waals surface area contributed by atoms with Gasteiger partial charge in [-0.3, -0.25) is 20.4 Å². The molecule has 0 saturated heterocycles. The van der Waals surface area contributed by atoms with Gasteiger partial charge in [0.15, 0.2) is 0 Å². The summed E-state index contributed by atoms with van der Waals surface area (Å²) in [5.74, 6) is -0.207.